The molecule has 0 heterocycles. The molecule has 4 aromatic carbocycles. The van der Waals surface area contributed by atoms with Crippen LogP contribution in [0.2, 0.25) is 10.0 Å². The first-order chi connectivity index (χ1) is 17.7. The molecule has 0 aliphatic heterocycles. The minimum Gasteiger partial charge on any atom is -0.455 e. The van der Waals surface area contributed by atoms with Gasteiger partial charge in [-0.3, -0.25) is 4.79 Å². The fourth-order valence-electron chi connectivity index (χ4n) is 3.56. The summed E-state index contributed by atoms with van der Waals surface area (Å²) in [7, 11) is -4.03. The van der Waals surface area contributed by atoms with Crippen molar-refractivity contribution in [2.45, 2.75) is 18.4 Å². The van der Waals surface area contributed by atoms with Crippen molar-refractivity contribution in [2.75, 3.05) is 11.9 Å². The monoisotopic (exact) mass is 554 g/mol. The number of hydrogen-bond donors (Lipinski definition) is 1. The third-order valence-corrected chi connectivity index (χ3v) is 7.88. The lowest BCUT2D eigenvalue weighted by Gasteiger charge is -2.23. The summed E-state index contributed by atoms with van der Waals surface area (Å²) < 4.78 is 34.1. The van der Waals surface area contributed by atoms with Gasteiger partial charge in [0.2, 0.25) is 15.9 Å². The van der Waals surface area contributed by atoms with Crippen LogP contribution < -0.4 is 10.1 Å². The molecule has 9 heteroatoms. The van der Waals surface area contributed by atoms with Crippen LogP contribution in [0.1, 0.15) is 11.1 Å². The SMILES string of the molecule is Cc1ccc(S(=O)(=O)N(CC(=O)Nc2cc(Cl)ccc2Oc2ccccc2)Cc2ccccc2Cl)cc1. The van der Waals surface area contributed by atoms with E-state index >= 15 is 0 Å². The zero-order chi connectivity index (χ0) is 26.4. The minimum atomic E-state index is -4.03. The third-order valence-electron chi connectivity index (χ3n) is 5.47. The van der Waals surface area contributed by atoms with Crippen molar-refractivity contribution in [2.24, 2.45) is 0 Å². The lowest BCUT2D eigenvalue weighted by molar-refractivity contribution is -0.116. The molecular weight excluding hydrogens is 531 g/mol. The molecule has 0 fully saturated rings. The van der Waals surface area contributed by atoms with Gasteiger partial charge in [-0.05, 0) is 61.0 Å². The Labute approximate surface area is 226 Å². The number of nitrogens with one attached hydrogen (secondary N) is 1. The van der Waals surface area contributed by atoms with Gasteiger partial charge in [-0.25, -0.2) is 8.42 Å². The molecule has 0 aliphatic rings. The van der Waals surface area contributed by atoms with Gasteiger partial charge in [-0.15, -0.1) is 0 Å². The number of amides is 1. The average molecular weight is 555 g/mol. The summed E-state index contributed by atoms with van der Waals surface area (Å²) >= 11 is 12.5. The number of nitrogens with zero attached hydrogens (tertiary/aromatic N) is 1. The molecule has 1 amide bonds. The molecule has 0 radical (unpaired) electrons. The maximum Gasteiger partial charge on any atom is 0.243 e. The average Bonchev–Trinajstić information content (AvgIpc) is 2.87. The summed E-state index contributed by atoms with van der Waals surface area (Å²) in [6.07, 6.45) is 0. The van der Waals surface area contributed by atoms with E-state index < -0.39 is 22.5 Å². The van der Waals surface area contributed by atoms with E-state index in [1.165, 1.54) is 12.1 Å². The molecule has 0 spiro atoms. The van der Waals surface area contributed by atoms with E-state index in [-0.39, 0.29) is 11.4 Å². The van der Waals surface area contributed by atoms with Gasteiger partial charge in [0.25, 0.3) is 0 Å². The van der Waals surface area contributed by atoms with Crippen LogP contribution in [0, 0.1) is 6.92 Å². The van der Waals surface area contributed by atoms with Crippen molar-refractivity contribution in [1.82, 2.24) is 4.31 Å². The molecule has 1 N–H and O–H groups in total. The normalized spacial score (nSPS) is 11.4. The second-order valence-corrected chi connectivity index (χ2v) is 11.1. The predicted octanol–water partition coefficient (Wildman–Crippen LogP) is 6.92. The van der Waals surface area contributed by atoms with Gasteiger partial charge in [0, 0.05) is 16.6 Å². The topological polar surface area (TPSA) is 75.7 Å². The maximum absolute atomic E-state index is 13.6. The highest BCUT2D eigenvalue weighted by Crippen LogP contribution is 2.32. The second kappa shape index (κ2) is 11.8. The van der Waals surface area contributed by atoms with Crippen LogP contribution in [0.4, 0.5) is 5.69 Å². The molecule has 0 unspecified atom stereocenters. The zero-order valence-electron chi connectivity index (χ0n) is 19.9. The number of carbonyl (C=O) groups is 1. The van der Waals surface area contributed by atoms with Gasteiger partial charge in [-0.2, -0.15) is 4.31 Å². The van der Waals surface area contributed by atoms with Crippen molar-refractivity contribution >= 4 is 44.8 Å². The number of rotatable bonds is 9. The summed E-state index contributed by atoms with van der Waals surface area (Å²) in [5, 5.41) is 3.54. The summed E-state index contributed by atoms with van der Waals surface area (Å²) in [6, 6.07) is 27.3. The Morgan fingerprint density at radius 1 is 0.892 bits per heavy atom. The van der Waals surface area contributed by atoms with E-state index in [1.54, 1.807) is 66.7 Å². The molecule has 0 aliphatic carbocycles. The fourth-order valence-corrected chi connectivity index (χ4v) is 5.30. The van der Waals surface area contributed by atoms with Crippen LogP contribution in [0.25, 0.3) is 0 Å². The number of carbonyl (C=O) groups excluding carboxylic acids is 1. The predicted molar refractivity (Wildman–Crippen MR) is 147 cm³/mol. The molecule has 37 heavy (non-hydrogen) atoms. The van der Waals surface area contributed by atoms with E-state index in [4.69, 9.17) is 27.9 Å². The molecule has 0 saturated heterocycles. The Hall–Kier alpha value is -3.36. The van der Waals surface area contributed by atoms with Gasteiger partial charge >= 0.3 is 0 Å². The van der Waals surface area contributed by atoms with Crippen LogP contribution in [-0.4, -0.2) is 25.2 Å². The van der Waals surface area contributed by atoms with Crippen LogP contribution in [0.3, 0.4) is 0 Å². The lowest BCUT2D eigenvalue weighted by atomic mass is 10.2. The number of ether oxygens (including phenoxy) is 1. The summed E-state index contributed by atoms with van der Waals surface area (Å²) in [5.74, 6) is 0.369. The number of aryl methyl sites for hydroxylation is 1. The molecule has 0 saturated carbocycles. The first-order valence-electron chi connectivity index (χ1n) is 11.3. The van der Waals surface area contributed by atoms with Gasteiger partial charge < -0.3 is 10.1 Å². The van der Waals surface area contributed by atoms with E-state index in [0.717, 1.165) is 9.87 Å². The van der Waals surface area contributed by atoms with Gasteiger partial charge in [0.15, 0.2) is 5.75 Å². The van der Waals surface area contributed by atoms with Crippen molar-refractivity contribution in [3.05, 3.63) is 118 Å². The molecule has 6 nitrogen and oxygen atoms in total. The summed E-state index contributed by atoms with van der Waals surface area (Å²) in [6.45, 7) is 1.32. The molecule has 4 rings (SSSR count). The van der Waals surface area contributed by atoms with Crippen molar-refractivity contribution in [3.8, 4) is 11.5 Å². The van der Waals surface area contributed by atoms with Gasteiger partial charge in [-0.1, -0.05) is 77.3 Å². The quantitative estimate of drug-likeness (QED) is 0.243. The highest BCUT2D eigenvalue weighted by Gasteiger charge is 2.28. The summed E-state index contributed by atoms with van der Waals surface area (Å²) in [4.78, 5) is 13.3. The molecule has 4 aromatic rings. The summed E-state index contributed by atoms with van der Waals surface area (Å²) in [5.41, 5.74) is 1.80. The Kier molecular flexibility index (Phi) is 8.51. The van der Waals surface area contributed by atoms with E-state index in [2.05, 4.69) is 5.32 Å². The first-order valence-corrected chi connectivity index (χ1v) is 13.5. The van der Waals surface area contributed by atoms with Crippen LogP contribution in [0.15, 0.2) is 102 Å². The number of hydrogen-bond acceptors (Lipinski definition) is 4. The highest BCUT2D eigenvalue weighted by molar-refractivity contribution is 7.89. The lowest BCUT2D eigenvalue weighted by Crippen LogP contribution is -2.37. The number of sulfonamides is 1. The first kappa shape index (κ1) is 26.7. The maximum atomic E-state index is 13.6. The largest absolute Gasteiger partial charge is 0.455 e. The molecule has 0 bridgehead atoms. The van der Waals surface area contributed by atoms with E-state index in [0.29, 0.717) is 32.8 Å². The Balaban J connectivity index is 1.61. The van der Waals surface area contributed by atoms with Gasteiger partial charge in [0.1, 0.15) is 5.75 Å². The van der Waals surface area contributed by atoms with Crippen LogP contribution in [-0.2, 0) is 21.4 Å². The number of benzene rings is 4. The number of halogens is 2. The van der Waals surface area contributed by atoms with Crippen molar-refractivity contribution in [3.63, 3.8) is 0 Å². The number of para-hydroxylation sites is 1. The molecule has 0 atom stereocenters. The Morgan fingerprint density at radius 3 is 2.27 bits per heavy atom. The third kappa shape index (κ3) is 6.90. The van der Waals surface area contributed by atoms with Crippen molar-refractivity contribution < 1.29 is 17.9 Å². The second-order valence-electron chi connectivity index (χ2n) is 8.28. The molecule has 0 aromatic heterocycles. The molecule has 190 valence electrons. The molecular formula is C28H24Cl2N2O4S. The van der Waals surface area contributed by atoms with Gasteiger partial charge in [0.05, 0.1) is 17.1 Å². The van der Waals surface area contributed by atoms with Crippen molar-refractivity contribution in [1.29, 1.82) is 0 Å². The smallest absolute Gasteiger partial charge is 0.243 e. The number of anilines is 1. The highest BCUT2D eigenvalue weighted by atomic mass is 35.5. The Morgan fingerprint density at radius 2 is 1.57 bits per heavy atom. The standard InChI is InChI=1S/C28H24Cl2N2O4S/c1-20-11-14-24(15-12-20)37(34,35)32(18-21-7-5-6-10-25(21)30)19-28(33)31-26-17-22(29)13-16-27(26)36-23-8-3-2-4-9-23/h2-17H,18-19H2,1H3,(H,31,33). The fraction of sp³-hybridized carbons (Fsp3) is 0.107. The van der Waals surface area contributed by atoms with E-state index in [1.807, 2.05) is 25.1 Å². The van der Waals surface area contributed by atoms with Crippen LogP contribution in [0.5, 0.6) is 11.5 Å². The Bertz CT molecular complexity index is 1490. The van der Waals surface area contributed by atoms with Crippen LogP contribution >= 0.6 is 23.2 Å². The minimum absolute atomic E-state index is 0.0776. The zero-order valence-corrected chi connectivity index (χ0v) is 22.2. The van der Waals surface area contributed by atoms with E-state index in [9.17, 15) is 13.2 Å².